The lowest BCUT2D eigenvalue weighted by molar-refractivity contribution is -0.116. The van der Waals surface area contributed by atoms with Gasteiger partial charge in [-0.25, -0.2) is 0 Å². The minimum Gasteiger partial charge on any atom is -0.493 e. The number of nitrogens with zero attached hydrogens (tertiary/aromatic N) is 1. The van der Waals surface area contributed by atoms with E-state index in [0.717, 1.165) is 29.7 Å². The van der Waals surface area contributed by atoms with Crippen molar-refractivity contribution in [3.63, 3.8) is 0 Å². The summed E-state index contributed by atoms with van der Waals surface area (Å²) in [4.78, 5) is 42.4. The fraction of sp³-hybridized carbons (Fsp3) is 0.282. The maximum atomic E-state index is 13.8. The van der Waals surface area contributed by atoms with E-state index in [1.165, 1.54) is 55.4 Å². The molecule has 0 spiro atoms. The molecular formula is C39H40N4O6S2. The topological polar surface area (TPSA) is 139 Å². The van der Waals surface area contributed by atoms with Crippen molar-refractivity contribution in [2.45, 2.75) is 49.7 Å². The van der Waals surface area contributed by atoms with Crippen molar-refractivity contribution in [3.05, 3.63) is 99.6 Å². The van der Waals surface area contributed by atoms with Gasteiger partial charge >= 0.3 is 0 Å². The number of nitrogens with one attached hydrogen (secondary N) is 3. The molecule has 264 valence electrons. The Bertz CT molecular complexity index is 1960. The summed E-state index contributed by atoms with van der Waals surface area (Å²) in [6.07, 6.45) is 4.88. The van der Waals surface area contributed by atoms with Crippen molar-refractivity contribution in [1.82, 2.24) is 5.32 Å². The summed E-state index contributed by atoms with van der Waals surface area (Å²) in [6, 6.07) is 21.4. The van der Waals surface area contributed by atoms with Crippen LogP contribution in [0.25, 0.3) is 6.08 Å². The number of thioether (sulfide) groups is 1. The number of rotatable bonds is 13. The van der Waals surface area contributed by atoms with Gasteiger partial charge in [-0.15, -0.1) is 23.1 Å². The Morgan fingerprint density at radius 1 is 1.00 bits per heavy atom. The predicted molar refractivity (Wildman–Crippen MR) is 202 cm³/mol. The number of amides is 3. The Hall–Kier alpha value is -5.25. The zero-order valence-corrected chi connectivity index (χ0v) is 30.8. The van der Waals surface area contributed by atoms with E-state index in [1.807, 2.05) is 13.0 Å². The quantitative estimate of drug-likeness (QED) is 0.0943. The number of hydrogen-bond donors (Lipinski definition) is 3. The van der Waals surface area contributed by atoms with Gasteiger partial charge in [-0.3, -0.25) is 14.4 Å². The van der Waals surface area contributed by atoms with Crippen LogP contribution in [-0.4, -0.2) is 44.3 Å². The third kappa shape index (κ3) is 8.92. The molecule has 3 aromatic carbocycles. The lowest BCUT2D eigenvalue weighted by Crippen LogP contribution is -2.30. The van der Waals surface area contributed by atoms with Gasteiger partial charge in [0.15, 0.2) is 11.5 Å². The Balaban J connectivity index is 1.36. The second kappa shape index (κ2) is 17.1. The Kier molecular flexibility index (Phi) is 12.4. The summed E-state index contributed by atoms with van der Waals surface area (Å²) >= 11 is 2.88. The van der Waals surface area contributed by atoms with Gasteiger partial charge in [-0.1, -0.05) is 38.1 Å². The van der Waals surface area contributed by atoms with Crippen LogP contribution in [0.3, 0.4) is 0 Å². The minimum absolute atomic E-state index is 0.0247. The van der Waals surface area contributed by atoms with Crippen molar-refractivity contribution in [2.24, 2.45) is 5.92 Å². The molecule has 10 nitrogen and oxygen atoms in total. The summed E-state index contributed by atoms with van der Waals surface area (Å²) in [5, 5.41) is 18.7. The number of carbonyl (C=O) groups excluding carboxylic acids is 3. The van der Waals surface area contributed by atoms with Crippen LogP contribution in [0.15, 0.2) is 77.3 Å². The van der Waals surface area contributed by atoms with Crippen LogP contribution in [0.2, 0.25) is 0 Å². The zero-order valence-electron chi connectivity index (χ0n) is 29.1. The van der Waals surface area contributed by atoms with Crippen molar-refractivity contribution >= 4 is 57.6 Å². The number of anilines is 2. The van der Waals surface area contributed by atoms with E-state index in [-0.39, 0.29) is 11.6 Å². The van der Waals surface area contributed by atoms with Crippen molar-refractivity contribution < 1.29 is 28.6 Å². The lowest BCUT2D eigenvalue weighted by Gasteiger charge is -2.17. The maximum absolute atomic E-state index is 13.8. The molecule has 12 heteroatoms. The van der Waals surface area contributed by atoms with Gasteiger partial charge in [0.05, 0.1) is 32.1 Å². The molecule has 0 bridgehead atoms. The van der Waals surface area contributed by atoms with E-state index < -0.39 is 17.1 Å². The fourth-order valence-corrected chi connectivity index (χ4v) is 8.15. The standard InChI is InChI=1S/C39H40N4O6S2/c1-6-33(38(46)43-39-29(22-40)28-16-15-23(2)17-34(28)51-39)50-27-14-10-13-26(21-27)41-37(45)30(42-36(44)25-11-8-7-9-12-25)18-24-19-31(47-3)35(49-5)32(20-24)48-4/h7-14,18-21,23,33H,6,15-17H2,1-5H3,(H,41,45)(H,42,44)(H,43,46)/b30-18+. The first-order valence-electron chi connectivity index (χ1n) is 16.5. The largest absolute Gasteiger partial charge is 0.493 e. The molecule has 2 atom stereocenters. The Morgan fingerprint density at radius 2 is 1.73 bits per heavy atom. The smallest absolute Gasteiger partial charge is 0.272 e. The van der Waals surface area contributed by atoms with Crippen molar-refractivity contribution in [1.29, 1.82) is 5.26 Å². The first-order chi connectivity index (χ1) is 24.7. The molecule has 1 heterocycles. The lowest BCUT2D eigenvalue weighted by atomic mass is 9.88. The van der Waals surface area contributed by atoms with Crippen LogP contribution in [0.5, 0.6) is 17.2 Å². The molecule has 5 rings (SSSR count). The molecule has 1 aliphatic carbocycles. The molecule has 0 saturated carbocycles. The molecule has 0 aliphatic heterocycles. The van der Waals surface area contributed by atoms with E-state index >= 15 is 0 Å². The van der Waals surface area contributed by atoms with Crippen LogP contribution in [-0.2, 0) is 22.4 Å². The van der Waals surface area contributed by atoms with E-state index in [2.05, 4.69) is 28.9 Å². The summed E-state index contributed by atoms with van der Waals surface area (Å²) in [5.41, 5.74) is 2.99. The summed E-state index contributed by atoms with van der Waals surface area (Å²) in [6.45, 7) is 4.14. The Morgan fingerprint density at radius 3 is 2.37 bits per heavy atom. The number of benzene rings is 3. The molecule has 3 N–H and O–H groups in total. The highest BCUT2D eigenvalue weighted by Crippen LogP contribution is 2.40. The molecule has 4 aromatic rings. The number of methoxy groups -OCH3 is 3. The highest BCUT2D eigenvalue weighted by atomic mass is 32.2. The van der Waals surface area contributed by atoms with Crippen LogP contribution in [0.4, 0.5) is 10.7 Å². The van der Waals surface area contributed by atoms with Gasteiger partial charge in [0.25, 0.3) is 11.8 Å². The SMILES string of the molecule is CCC(Sc1cccc(NC(=O)/C(=C\c2cc(OC)c(OC)c(OC)c2)NC(=O)c2ccccc2)c1)C(=O)Nc1sc2c(c1C#N)CCC(C)C2. The highest BCUT2D eigenvalue weighted by molar-refractivity contribution is 8.00. The normalized spacial score (nSPS) is 14.4. The molecule has 1 aliphatic rings. The number of nitriles is 1. The zero-order chi connectivity index (χ0) is 36.5. The van der Waals surface area contributed by atoms with Gasteiger partial charge in [-0.2, -0.15) is 5.26 Å². The van der Waals surface area contributed by atoms with Crippen LogP contribution in [0, 0.1) is 17.2 Å². The summed E-state index contributed by atoms with van der Waals surface area (Å²) in [5.74, 6) is 0.492. The number of hydrogen-bond acceptors (Lipinski definition) is 9. The van der Waals surface area contributed by atoms with Gasteiger partial charge in [0.1, 0.15) is 16.8 Å². The predicted octanol–water partition coefficient (Wildman–Crippen LogP) is 7.69. The fourth-order valence-electron chi connectivity index (χ4n) is 5.78. The van der Waals surface area contributed by atoms with Crippen molar-refractivity contribution in [2.75, 3.05) is 32.0 Å². The van der Waals surface area contributed by atoms with E-state index in [0.29, 0.717) is 57.0 Å². The second-order valence-corrected chi connectivity index (χ2v) is 14.4. The second-order valence-electron chi connectivity index (χ2n) is 12.0. The Labute approximate surface area is 306 Å². The van der Waals surface area contributed by atoms with Gasteiger partial charge in [-0.05, 0) is 91.3 Å². The molecular weight excluding hydrogens is 685 g/mol. The van der Waals surface area contributed by atoms with Crippen LogP contribution < -0.4 is 30.2 Å². The monoisotopic (exact) mass is 724 g/mol. The number of ether oxygens (including phenoxy) is 3. The molecule has 1 aromatic heterocycles. The third-order valence-corrected chi connectivity index (χ3v) is 10.9. The molecule has 0 fully saturated rings. The van der Waals surface area contributed by atoms with Crippen LogP contribution >= 0.6 is 23.1 Å². The van der Waals surface area contributed by atoms with Crippen LogP contribution in [0.1, 0.15) is 58.6 Å². The summed E-state index contributed by atoms with van der Waals surface area (Å²) < 4.78 is 16.4. The van der Waals surface area contributed by atoms with E-state index in [4.69, 9.17) is 14.2 Å². The molecule has 0 radical (unpaired) electrons. The van der Waals surface area contributed by atoms with Gasteiger partial charge in [0, 0.05) is 21.0 Å². The van der Waals surface area contributed by atoms with E-state index in [9.17, 15) is 19.6 Å². The third-order valence-electron chi connectivity index (χ3n) is 8.42. The average Bonchev–Trinajstić information content (AvgIpc) is 3.48. The first-order valence-corrected chi connectivity index (χ1v) is 18.2. The maximum Gasteiger partial charge on any atom is 0.272 e. The number of fused-ring (bicyclic) bond motifs is 1. The highest BCUT2D eigenvalue weighted by Gasteiger charge is 2.27. The van der Waals surface area contributed by atoms with E-state index in [1.54, 1.807) is 60.7 Å². The summed E-state index contributed by atoms with van der Waals surface area (Å²) in [7, 11) is 4.48. The van der Waals surface area contributed by atoms with Crippen molar-refractivity contribution in [3.8, 4) is 23.3 Å². The number of thiophene rings is 1. The molecule has 3 amide bonds. The molecule has 51 heavy (non-hydrogen) atoms. The average molecular weight is 725 g/mol. The van der Waals surface area contributed by atoms with Gasteiger partial charge in [0.2, 0.25) is 11.7 Å². The first kappa shape index (κ1) is 37.0. The molecule has 0 saturated heterocycles. The number of carbonyl (C=O) groups is 3. The minimum atomic E-state index is -0.569. The molecule has 2 unspecified atom stereocenters. The van der Waals surface area contributed by atoms with Gasteiger partial charge < -0.3 is 30.2 Å².